The highest BCUT2D eigenvalue weighted by molar-refractivity contribution is 7.99. The van der Waals surface area contributed by atoms with Crippen molar-refractivity contribution in [2.75, 3.05) is 7.11 Å². The maximum Gasteiger partial charge on any atom is 0.319 e. The molecule has 0 aliphatic heterocycles. The Morgan fingerprint density at radius 2 is 1.96 bits per heavy atom. The summed E-state index contributed by atoms with van der Waals surface area (Å²) in [6, 6.07) is 12.2. The highest BCUT2D eigenvalue weighted by Gasteiger charge is 2.20. The second kappa shape index (κ2) is 8.67. The third-order valence-electron chi connectivity index (χ3n) is 4.04. The number of carbonyl (C=O) groups excluding carboxylic acids is 1. The number of ether oxygens (including phenoxy) is 1. The van der Waals surface area contributed by atoms with Crippen LogP contribution in [0.25, 0.3) is 5.82 Å². The zero-order valence-electron chi connectivity index (χ0n) is 14.8. The van der Waals surface area contributed by atoms with E-state index in [1.54, 1.807) is 24.3 Å². The summed E-state index contributed by atoms with van der Waals surface area (Å²) in [4.78, 5) is 20.6. The van der Waals surface area contributed by atoms with Crippen molar-refractivity contribution >= 4 is 17.7 Å². The average Bonchev–Trinajstić information content (AvgIpc) is 3.21. The fourth-order valence-electron chi connectivity index (χ4n) is 2.53. The van der Waals surface area contributed by atoms with Crippen LogP contribution in [0.15, 0.2) is 61.3 Å². The molecule has 134 valence electrons. The van der Waals surface area contributed by atoms with E-state index in [4.69, 9.17) is 4.74 Å². The number of thioether (sulfide) groups is 1. The van der Waals surface area contributed by atoms with Crippen LogP contribution in [0.3, 0.4) is 0 Å². The Morgan fingerprint density at radius 3 is 2.58 bits per heavy atom. The minimum absolute atomic E-state index is 0.196. The molecule has 1 unspecified atom stereocenters. The number of hydrogen-bond donors (Lipinski definition) is 0. The number of imidazole rings is 1. The minimum atomic E-state index is -0.240. The van der Waals surface area contributed by atoms with Gasteiger partial charge in [-0.15, -0.1) is 11.8 Å². The van der Waals surface area contributed by atoms with Gasteiger partial charge >= 0.3 is 5.97 Å². The molecule has 0 fully saturated rings. The minimum Gasteiger partial charge on any atom is -0.468 e. The van der Waals surface area contributed by atoms with E-state index in [-0.39, 0.29) is 11.2 Å². The quantitative estimate of drug-likeness (QED) is 0.597. The first-order valence-electron chi connectivity index (χ1n) is 8.34. The van der Waals surface area contributed by atoms with Crippen molar-refractivity contribution < 1.29 is 9.53 Å². The molecule has 2 aromatic heterocycles. The van der Waals surface area contributed by atoms with E-state index >= 15 is 0 Å². The molecular formula is C20H21N3O2S. The normalized spacial score (nSPS) is 11.9. The van der Waals surface area contributed by atoms with Gasteiger partial charge in [0.25, 0.3) is 0 Å². The van der Waals surface area contributed by atoms with Crippen LogP contribution in [0, 0.1) is 6.92 Å². The van der Waals surface area contributed by atoms with Gasteiger partial charge in [-0.1, -0.05) is 35.9 Å². The molecule has 1 aromatic carbocycles. The van der Waals surface area contributed by atoms with Gasteiger partial charge < -0.3 is 4.74 Å². The van der Waals surface area contributed by atoms with Crippen molar-refractivity contribution in [3.05, 3.63) is 78.0 Å². The lowest BCUT2D eigenvalue weighted by Gasteiger charge is -2.15. The number of aryl methyl sites for hydroxylation is 1. The SMILES string of the molecule is COC(=O)C(Cc1ccc(C)cc1)SCc1ccc(-n2ccnc2)nc1. The molecule has 0 bridgehead atoms. The van der Waals surface area contributed by atoms with Gasteiger partial charge in [-0.05, 0) is 30.5 Å². The maximum atomic E-state index is 12.1. The lowest BCUT2D eigenvalue weighted by atomic mass is 10.1. The van der Waals surface area contributed by atoms with Gasteiger partial charge in [0.1, 0.15) is 17.4 Å². The summed E-state index contributed by atoms with van der Waals surface area (Å²) < 4.78 is 6.83. The molecule has 3 aromatic rings. The Kier molecular flexibility index (Phi) is 6.07. The third-order valence-corrected chi connectivity index (χ3v) is 5.30. The number of benzene rings is 1. The number of pyridine rings is 1. The van der Waals surface area contributed by atoms with Crippen LogP contribution in [-0.4, -0.2) is 32.9 Å². The molecule has 5 nitrogen and oxygen atoms in total. The molecule has 26 heavy (non-hydrogen) atoms. The van der Waals surface area contributed by atoms with Crippen molar-refractivity contribution in [3.63, 3.8) is 0 Å². The average molecular weight is 367 g/mol. The largest absolute Gasteiger partial charge is 0.468 e. The first-order valence-corrected chi connectivity index (χ1v) is 9.39. The van der Waals surface area contributed by atoms with E-state index in [9.17, 15) is 4.79 Å². The maximum absolute atomic E-state index is 12.1. The summed E-state index contributed by atoms with van der Waals surface area (Å²) in [7, 11) is 1.44. The van der Waals surface area contributed by atoms with E-state index in [0.717, 1.165) is 16.9 Å². The lowest BCUT2D eigenvalue weighted by Crippen LogP contribution is -2.21. The summed E-state index contributed by atoms with van der Waals surface area (Å²) in [5.74, 6) is 1.32. The van der Waals surface area contributed by atoms with E-state index in [0.29, 0.717) is 12.2 Å². The number of carbonyl (C=O) groups is 1. The molecule has 0 saturated heterocycles. The molecule has 0 spiro atoms. The molecule has 3 rings (SSSR count). The second-order valence-corrected chi connectivity index (χ2v) is 7.20. The van der Waals surface area contributed by atoms with Gasteiger partial charge in [0.2, 0.25) is 0 Å². The summed E-state index contributed by atoms with van der Waals surface area (Å²) in [6.45, 7) is 2.05. The Labute approximate surface area is 157 Å². The van der Waals surface area contributed by atoms with Crippen LogP contribution in [-0.2, 0) is 21.7 Å². The van der Waals surface area contributed by atoms with Crippen LogP contribution >= 0.6 is 11.8 Å². The topological polar surface area (TPSA) is 57.0 Å². The molecule has 0 amide bonds. The van der Waals surface area contributed by atoms with Crippen LogP contribution in [0.1, 0.15) is 16.7 Å². The number of esters is 1. The number of aromatic nitrogens is 3. The zero-order valence-corrected chi connectivity index (χ0v) is 15.6. The highest BCUT2D eigenvalue weighted by Crippen LogP contribution is 2.23. The smallest absolute Gasteiger partial charge is 0.319 e. The molecule has 0 aliphatic carbocycles. The van der Waals surface area contributed by atoms with Crippen molar-refractivity contribution in [1.82, 2.24) is 14.5 Å². The first kappa shape index (κ1) is 18.2. The first-order chi connectivity index (χ1) is 12.7. The van der Waals surface area contributed by atoms with Crippen molar-refractivity contribution in [3.8, 4) is 5.82 Å². The van der Waals surface area contributed by atoms with Gasteiger partial charge in [-0.2, -0.15) is 0 Å². The predicted octanol–water partition coefficient (Wildman–Crippen LogP) is 3.59. The summed E-state index contributed by atoms with van der Waals surface area (Å²) in [5, 5.41) is -0.240. The Morgan fingerprint density at radius 1 is 1.19 bits per heavy atom. The van der Waals surface area contributed by atoms with Crippen molar-refractivity contribution in [1.29, 1.82) is 0 Å². The standard InChI is InChI=1S/C20H21N3O2S/c1-15-3-5-16(6-4-15)11-18(20(24)25-2)26-13-17-7-8-19(22-12-17)23-10-9-21-14-23/h3-10,12,14,18H,11,13H2,1-2H3. The van der Waals surface area contributed by atoms with Gasteiger partial charge in [-0.3, -0.25) is 9.36 Å². The fraction of sp³-hybridized carbons (Fsp3) is 0.250. The Hall–Kier alpha value is -2.60. The predicted molar refractivity (Wildman–Crippen MR) is 103 cm³/mol. The Bertz CT molecular complexity index is 831. The third kappa shape index (κ3) is 4.73. The lowest BCUT2D eigenvalue weighted by molar-refractivity contribution is -0.139. The van der Waals surface area contributed by atoms with E-state index in [1.807, 2.05) is 29.1 Å². The van der Waals surface area contributed by atoms with Gasteiger partial charge in [0, 0.05) is 24.3 Å². The van der Waals surface area contributed by atoms with Crippen LogP contribution in [0.4, 0.5) is 0 Å². The number of hydrogen-bond acceptors (Lipinski definition) is 5. The molecule has 6 heteroatoms. The summed E-state index contributed by atoms with van der Waals surface area (Å²) in [6.07, 6.45) is 7.77. The van der Waals surface area contributed by atoms with Crippen LogP contribution < -0.4 is 0 Å². The fourth-order valence-corrected chi connectivity index (χ4v) is 3.63. The molecule has 1 atom stereocenters. The van der Waals surface area contributed by atoms with E-state index < -0.39 is 0 Å². The molecule has 0 saturated carbocycles. The zero-order chi connectivity index (χ0) is 18.4. The molecule has 0 N–H and O–H groups in total. The van der Waals surface area contributed by atoms with Crippen molar-refractivity contribution in [2.24, 2.45) is 0 Å². The highest BCUT2D eigenvalue weighted by atomic mass is 32.2. The van der Waals surface area contributed by atoms with E-state index in [2.05, 4.69) is 41.2 Å². The number of nitrogens with zero attached hydrogens (tertiary/aromatic N) is 3. The monoisotopic (exact) mass is 367 g/mol. The van der Waals surface area contributed by atoms with Crippen LogP contribution in [0.2, 0.25) is 0 Å². The van der Waals surface area contributed by atoms with Crippen LogP contribution in [0.5, 0.6) is 0 Å². The molecule has 0 radical (unpaired) electrons. The molecule has 2 heterocycles. The number of rotatable bonds is 7. The van der Waals surface area contributed by atoms with Gasteiger partial charge in [0.05, 0.1) is 7.11 Å². The summed E-state index contributed by atoms with van der Waals surface area (Å²) in [5.41, 5.74) is 3.41. The molecule has 0 aliphatic rings. The van der Waals surface area contributed by atoms with Gasteiger partial charge in [0.15, 0.2) is 0 Å². The summed E-state index contributed by atoms with van der Waals surface area (Å²) >= 11 is 1.58. The Balaban J connectivity index is 1.63. The van der Waals surface area contributed by atoms with E-state index in [1.165, 1.54) is 12.7 Å². The van der Waals surface area contributed by atoms with Gasteiger partial charge in [-0.25, -0.2) is 9.97 Å². The van der Waals surface area contributed by atoms with Crippen molar-refractivity contribution in [2.45, 2.75) is 24.3 Å². The second-order valence-electron chi connectivity index (χ2n) is 6.01. The molecular weight excluding hydrogens is 346 g/mol. The number of methoxy groups -OCH3 is 1.